The second kappa shape index (κ2) is 15.6. The van der Waals surface area contributed by atoms with Crippen LogP contribution in [-0.4, -0.2) is 44.3 Å². The van der Waals surface area contributed by atoms with Crippen molar-refractivity contribution in [2.75, 3.05) is 17.4 Å². The lowest BCUT2D eigenvalue weighted by Gasteiger charge is -2.34. The van der Waals surface area contributed by atoms with Gasteiger partial charge in [-0.15, -0.1) is 0 Å². The van der Waals surface area contributed by atoms with Gasteiger partial charge in [-0.1, -0.05) is 113 Å². The summed E-state index contributed by atoms with van der Waals surface area (Å²) in [5.41, 5.74) is 1.66. The van der Waals surface area contributed by atoms with Gasteiger partial charge >= 0.3 is 0 Å². The molecular weight excluding hydrogens is 685 g/mol. The van der Waals surface area contributed by atoms with Crippen molar-refractivity contribution in [1.82, 2.24) is 10.2 Å². The van der Waals surface area contributed by atoms with Crippen LogP contribution in [0.5, 0.6) is 0 Å². The smallest absolute Gasteiger partial charge is 0.264 e. The highest BCUT2D eigenvalue weighted by Gasteiger charge is 2.35. The Kier molecular flexibility index (Phi) is 11.9. The largest absolute Gasteiger partial charge is 0.354 e. The molecule has 2 amide bonds. The Morgan fingerprint density at radius 2 is 1.50 bits per heavy atom. The van der Waals surface area contributed by atoms with Crippen LogP contribution in [0.15, 0.2) is 112 Å². The molecule has 0 fully saturated rings. The number of amides is 2. The van der Waals surface area contributed by atoms with E-state index in [1.807, 2.05) is 61.5 Å². The number of nitrogens with zero attached hydrogens (tertiary/aromatic N) is 2. The van der Waals surface area contributed by atoms with E-state index in [1.165, 1.54) is 29.2 Å². The van der Waals surface area contributed by atoms with Crippen LogP contribution in [0.4, 0.5) is 5.69 Å². The number of halogens is 3. The predicted molar refractivity (Wildman–Crippen MR) is 179 cm³/mol. The third kappa shape index (κ3) is 8.41. The molecule has 0 saturated heterocycles. The van der Waals surface area contributed by atoms with E-state index in [2.05, 4.69) is 21.2 Å². The molecule has 0 saturated carbocycles. The van der Waals surface area contributed by atoms with Crippen LogP contribution in [0, 0.1) is 0 Å². The Labute approximate surface area is 277 Å². The molecule has 0 radical (unpaired) electrons. The zero-order chi connectivity index (χ0) is 31.7. The number of nitrogens with one attached hydrogen (secondary N) is 1. The van der Waals surface area contributed by atoms with E-state index in [4.69, 9.17) is 23.2 Å². The molecule has 0 aliphatic carbocycles. The van der Waals surface area contributed by atoms with Crippen LogP contribution in [0.3, 0.4) is 0 Å². The zero-order valence-corrected chi connectivity index (χ0v) is 27.9. The van der Waals surface area contributed by atoms with Crippen molar-refractivity contribution in [3.05, 3.63) is 129 Å². The van der Waals surface area contributed by atoms with Crippen molar-refractivity contribution < 1.29 is 18.0 Å². The molecule has 44 heavy (non-hydrogen) atoms. The first-order chi connectivity index (χ1) is 21.1. The fraction of sp³-hybridized carbons (Fsp3) is 0.212. The van der Waals surface area contributed by atoms with Crippen LogP contribution in [0.2, 0.25) is 10.0 Å². The summed E-state index contributed by atoms with van der Waals surface area (Å²) in [4.78, 5) is 29.6. The first kappa shape index (κ1) is 33.5. The number of hydrogen-bond donors (Lipinski definition) is 1. The van der Waals surface area contributed by atoms with Gasteiger partial charge in [-0.25, -0.2) is 8.42 Å². The minimum absolute atomic E-state index is 0.0125. The molecule has 0 aliphatic rings. The molecule has 11 heteroatoms. The molecule has 0 aromatic heterocycles. The molecule has 230 valence electrons. The van der Waals surface area contributed by atoms with Gasteiger partial charge in [-0.05, 0) is 53.9 Å². The second-order valence-electron chi connectivity index (χ2n) is 10.0. The Hall–Kier alpha value is -3.37. The van der Waals surface area contributed by atoms with Crippen molar-refractivity contribution in [2.24, 2.45) is 0 Å². The normalized spacial score (nSPS) is 11.9. The maximum atomic E-state index is 14.5. The number of carbonyl (C=O) groups is 2. The molecule has 0 aliphatic heterocycles. The molecule has 0 unspecified atom stereocenters. The summed E-state index contributed by atoms with van der Waals surface area (Å²) >= 11 is 16.3. The van der Waals surface area contributed by atoms with E-state index in [0.717, 1.165) is 19.9 Å². The summed E-state index contributed by atoms with van der Waals surface area (Å²) in [7, 11) is -4.29. The van der Waals surface area contributed by atoms with Crippen LogP contribution in [-0.2, 0) is 32.6 Å². The maximum absolute atomic E-state index is 14.5. The van der Waals surface area contributed by atoms with Gasteiger partial charge in [0.15, 0.2) is 0 Å². The van der Waals surface area contributed by atoms with Gasteiger partial charge in [0.25, 0.3) is 10.0 Å². The first-order valence-corrected chi connectivity index (χ1v) is 17.0. The zero-order valence-electron chi connectivity index (χ0n) is 24.0. The quantitative estimate of drug-likeness (QED) is 0.160. The Bertz CT molecular complexity index is 1690. The third-order valence-corrected chi connectivity index (χ3v) is 9.95. The van der Waals surface area contributed by atoms with Crippen LogP contribution in [0.25, 0.3) is 0 Å². The molecule has 7 nitrogen and oxygen atoms in total. The monoisotopic (exact) mass is 715 g/mol. The van der Waals surface area contributed by atoms with Gasteiger partial charge in [-0.3, -0.25) is 13.9 Å². The summed E-state index contributed by atoms with van der Waals surface area (Å²) in [6.07, 6.45) is 0.930. The SMILES string of the molecule is CCCNC(=O)[C@@H](Cc1ccccc1)N(Cc1cccc(Br)c1)C(=O)CN(c1cccc(Cl)c1Cl)S(=O)(=O)c1ccccc1. The summed E-state index contributed by atoms with van der Waals surface area (Å²) < 4.78 is 29.9. The number of anilines is 1. The van der Waals surface area contributed by atoms with Crippen molar-refractivity contribution in [2.45, 2.75) is 37.2 Å². The highest BCUT2D eigenvalue weighted by atomic mass is 79.9. The summed E-state index contributed by atoms with van der Waals surface area (Å²) in [6, 6.07) is 28.2. The van der Waals surface area contributed by atoms with Gasteiger partial charge in [0.05, 0.1) is 20.6 Å². The van der Waals surface area contributed by atoms with E-state index in [-0.39, 0.29) is 39.5 Å². The maximum Gasteiger partial charge on any atom is 0.264 e. The number of rotatable bonds is 13. The van der Waals surface area contributed by atoms with Crippen molar-refractivity contribution in [3.63, 3.8) is 0 Å². The Morgan fingerprint density at radius 1 is 0.864 bits per heavy atom. The standard InChI is InChI=1S/C33H32BrCl2N3O4S/c1-2-19-37-33(41)30(21-24-11-5-3-6-12-24)38(22-25-13-9-14-26(34)20-25)31(40)23-39(29-18-10-17-28(35)32(29)36)44(42,43)27-15-7-4-8-16-27/h3-18,20,30H,2,19,21-23H2,1H3,(H,37,41)/t30-/m1/s1. The lowest BCUT2D eigenvalue weighted by atomic mass is 10.0. The Morgan fingerprint density at radius 3 is 2.16 bits per heavy atom. The number of benzene rings is 4. The van der Waals surface area contributed by atoms with Gasteiger partial charge < -0.3 is 10.2 Å². The van der Waals surface area contributed by atoms with E-state index < -0.39 is 28.5 Å². The summed E-state index contributed by atoms with van der Waals surface area (Å²) in [5.74, 6) is -0.926. The molecule has 0 heterocycles. The minimum Gasteiger partial charge on any atom is -0.354 e. The third-order valence-electron chi connectivity index (χ3n) is 6.87. The molecule has 1 N–H and O–H groups in total. The average Bonchev–Trinajstić information content (AvgIpc) is 3.02. The van der Waals surface area contributed by atoms with E-state index in [1.54, 1.807) is 24.3 Å². The Balaban J connectivity index is 1.82. The van der Waals surface area contributed by atoms with Crippen LogP contribution in [0.1, 0.15) is 24.5 Å². The average molecular weight is 718 g/mol. The van der Waals surface area contributed by atoms with Gasteiger partial charge in [0, 0.05) is 24.0 Å². The fourth-order valence-corrected chi connectivity index (χ4v) is 7.01. The molecule has 0 spiro atoms. The minimum atomic E-state index is -4.29. The van der Waals surface area contributed by atoms with E-state index in [0.29, 0.717) is 13.0 Å². The topological polar surface area (TPSA) is 86.8 Å². The summed E-state index contributed by atoms with van der Waals surface area (Å²) in [5, 5.41) is 3.05. The van der Waals surface area contributed by atoms with Gasteiger partial charge in [0.2, 0.25) is 11.8 Å². The highest BCUT2D eigenvalue weighted by Crippen LogP contribution is 2.35. The summed E-state index contributed by atoms with van der Waals surface area (Å²) in [6.45, 7) is 1.79. The molecule has 1 atom stereocenters. The highest BCUT2D eigenvalue weighted by molar-refractivity contribution is 9.10. The molecule has 0 bridgehead atoms. The lowest BCUT2D eigenvalue weighted by molar-refractivity contribution is -0.140. The van der Waals surface area contributed by atoms with Gasteiger partial charge in [0.1, 0.15) is 12.6 Å². The number of hydrogen-bond acceptors (Lipinski definition) is 4. The van der Waals surface area contributed by atoms with Gasteiger partial charge in [-0.2, -0.15) is 0 Å². The van der Waals surface area contributed by atoms with Crippen LogP contribution >= 0.6 is 39.1 Å². The van der Waals surface area contributed by atoms with E-state index in [9.17, 15) is 18.0 Å². The van der Waals surface area contributed by atoms with Crippen molar-refractivity contribution in [1.29, 1.82) is 0 Å². The fourth-order valence-electron chi connectivity index (χ4n) is 4.67. The van der Waals surface area contributed by atoms with E-state index >= 15 is 0 Å². The molecule has 4 rings (SSSR count). The number of sulfonamides is 1. The molecular formula is C33H32BrCl2N3O4S. The molecule has 4 aromatic carbocycles. The predicted octanol–water partition coefficient (Wildman–Crippen LogP) is 7.12. The van der Waals surface area contributed by atoms with Crippen molar-refractivity contribution >= 4 is 66.7 Å². The molecule has 4 aromatic rings. The van der Waals surface area contributed by atoms with Crippen molar-refractivity contribution in [3.8, 4) is 0 Å². The number of carbonyl (C=O) groups excluding carboxylic acids is 2. The second-order valence-corrected chi connectivity index (χ2v) is 13.6. The van der Waals surface area contributed by atoms with Crippen LogP contribution < -0.4 is 9.62 Å². The lowest BCUT2D eigenvalue weighted by Crippen LogP contribution is -2.53. The first-order valence-electron chi connectivity index (χ1n) is 14.0.